The Morgan fingerprint density at radius 1 is 1.12 bits per heavy atom. The van der Waals surface area contributed by atoms with Crippen LogP contribution in [-0.4, -0.2) is 48.1 Å². The molecule has 10 nitrogen and oxygen atoms in total. The van der Waals surface area contributed by atoms with Crippen LogP contribution >= 0.6 is 15.9 Å². The lowest BCUT2D eigenvalue weighted by Crippen LogP contribution is -2.31. The lowest BCUT2D eigenvalue weighted by atomic mass is 10.1. The standard InChI is InChI=1S/C20H23BrN6O4S/c1-3-8-26-32(28,29)27-18-17(15-4-6-16(21)7-5-15)19(25-13-24-18)30-9-10-31-20-22-11-14(2)12-23-20/h4-7,11-13,26H,3,8-10H2,1-2H3,(H,24,25,27)/i4D,5D,6D,7D,9D2,11D,12D,13D. The van der Waals surface area contributed by atoms with Crippen LogP contribution in [0.3, 0.4) is 0 Å². The fourth-order valence-corrected chi connectivity index (χ4v) is 3.24. The summed E-state index contributed by atoms with van der Waals surface area (Å²) in [5, 5.41) is 0. The molecule has 0 amide bonds. The van der Waals surface area contributed by atoms with Crippen LogP contribution in [0.2, 0.25) is 0 Å². The number of anilines is 1. The molecule has 2 aromatic heterocycles. The minimum atomic E-state index is -4.34. The van der Waals surface area contributed by atoms with Gasteiger partial charge in [-0.25, -0.2) is 19.9 Å². The van der Waals surface area contributed by atoms with E-state index in [0.29, 0.717) is 6.42 Å². The van der Waals surface area contributed by atoms with Crippen molar-refractivity contribution < 1.29 is 30.2 Å². The quantitative estimate of drug-likeness (QED) is 0.386. The molecule has 1 aromatic carbocycles. The fraction of sp³-hybridized carbons (Fsp3) is 0.300. The molecule has 0 fully saturated rings. The van der Waals surface area contributed by atoms with Gasteiger partial charge in [0, 0.05) is 23.4 Å². The van der Waals surface area contributed by atoms with Crippen LogP contribution in [0.25, 0.3) is 11.1 Å². The second kappa shape index (κ2) is 11.2. The maximum absolute atomic E-state index is 12.6. The van der Waals surface area contributed by atoms with Gasteiger partial charge in [0.25, 0.3) is 10.2 Å². The van der Waals surface area contributed by atoms with E-state index < -0.39 is 82.7 Å². The molecule has 0 aliphatic heterocycles. The molecule has 3 aromatic rings. The van der Waals surface area contributed by atoms with Gasteiger partial charge in [-0.15, -0.1) is 0 Å². The molecular weight excluding hydrogens is 500 g/mol. The first-order valence-electron chi connectivity index (χ1n) is 13.5. The van der Waals surface area contributed by atoms with E-state index in [2.05, 4.69) is 45.3 Å². The van der Waals surface area contributed by atoms with Crippen molar-refractivity contribution in [1.29, 1.82) is 0 Å². The Bertz CT molecular complexity index is 1550. The SMILES string of the molecule is [2H]c1nc(NS(=O)(=O)NCCC)c(-c2c([2H])c([2H])c(Br)c([2H])c2[2H])c(OC([2H])([2H])COc2nc([2H])c(C)c([2H])n2)n1. The molecule has 0 unspecified atom stereocenters. The van der Waals surface area contributed by atoms with Crippen molar-refractivity contribution in [3.8, 4) is 23.0 Å². The van der Waals surface area contributed by atoms with Crippen LogP contribution in [-0.2, 0) is 10.2 Å². The molecule has 0 saturated heterocycles. The molecule has 32 heavy (non-hydrogen) atoms. The Morgan fingerprint density at radius 3 is 2.53 bits per heavy atom. The highest BCUT2D eigenvalue weighted by molar-refractivity contribution is 9.10. The third kappa shape index (κ3) is 6.84. The summed E-state index contributed by atoms with van der Waals surface area (Å²) in [7, 11) is -4.34. The Kier molecular flexibility index (Phi) is 5.00. The molecule has 0 aliphatic carbocycles. The highest BCUT2D eigenvalue weighted by Gasteiger charge is 2.19. The van der Waals surface area contributed by atoms with Crippen molar-refractivity contribution in [3.63, 3.8) is 0 Å². The van der Waals surface area contributed by atoms with E-state index in [1.54, 1.807) is 6.92 Å². The molecular formula is C20H23BrN6O4S. The van der Waals surface area contributed by atoms with Crippen molar-refractivity contribution in [3.05, 3.63) is 52.9 Å². The van der Waals surface area contributed by atoms with Gasteiger partial charge in [-0.05, 0) is 36.6 Å². The number of hydrogen-bond acceptors (Lipinski definition) is 8. The Balaban J connectivity index is 2.16. The first-order chi connectivity index (χ1) is 19.0. The number of benzene rings is 1. The van der Waals surface area contributed by atoms with E-state index in [4.69, 9.17) is 21.8 Å². The van der Waals surface area contributed by atoms with Crippen molar-refractivity contribution in [1.82, 2.24) is 24.7 Å². The minimum absolute atomic E-state index is 0.0211. The van der Waals surface area contributed by atoms with E-state index in [9.17, 15) is 8.42 Å². The first kappa shape index (κ1) is 14.3. The number of halogens is 1. The van der Waals surface area contributed by atoms with Crippen molar-refractivity contribution in [2.75, 3.05) is 24.4 Å². The minimum Gasteiger partial charge on any atom is -0.473 e. The Hall–Kier alpha value is -2.83. The van der Waals surface area contributed by atoms with Crippen LogP contribution in [0.4, 0.5) is 5.82 Å². The van der Waals surface area contributed by atoms with Crippen LogP contribution < -0.4 is 18.9 Å². The predicted octanol–water partition coefficient (Wildman–Crippen LogP) is 3.12. The number of nitrogens with one attached hydrogen (secondary N) is 2. The van der Waals surface area contributed by atoms with Crippen LogP contribution in [0.5, 0.6) is 11.9 Å². The highest BCUT2D eigenvalue weighted by atomic mass is 79.9. The molecule has 0 radical (unpaired) electrons. The van der Waals surface area contributed by atoms with Gasteiger partial charge in [0.2, 0.25) is 5.88 Å². The predicted molar refractivity (Wildman–Crippen MR) is 124 cm³/mol. The summed E-state index contributed by atoms with van der Waals surface area (Å²) >= 11 is 2.98. The van der Waals surface area contributed by atoms with Gasteiger partial charge in [-0.2, -0.15) is 13.1 Å². The number of hydrogen-bond donors (Lipinski definition) is 2. The zero-order valence-corrected chi connectivity index (χ0v) is 19.2. The smallest absolute Gasteiger partial charge is 0.316 e. The number of aromatic nitrogens is 4. The van der Waals surface area contributed by atoms with Gasteiger partial charge < -0.3 is 9.47 Å². The molecule has 0 aliphatic rings. The third-order valence-corrected chi connectivity index (χ3v) is 4.89. The molecule has 0 saturated carbocycles. The number of ether oxygens (including phenoxy) is 2. The molecule has 12 heteroatoms. The van der Waals surface area contributed by atoms with Crippen LogP contribution in [0.1, 0.15) is 31.2 Å². The van der Waals surface area contributed by atoms with Gasteiger partial charge >= 0.3 is 6.01 Å². The monoisotopic (exact) mass is 531 g/mol. The second-order valence-electron chi connectivity index (χ2n) is 5.93. The van der Waals surface area contributed by atoms with Gasteiger partial charge in [0.1, 0.15) is 20.8 Å². The van der Waals surface area contributed by atoms with E-state index in [0.717, 1.165) is 0 Å². The van der Waals surface area contributed by atoms with Crippen molar-refractivity contribution in [2.24, 2.45) is 0 Å². The molecule has 170 valence electrons. The Labute approximate surface area is 207 Å². The normalized spacial score (nSPS) is 15.7. The summed E-state index contributed by atoms with van der Waals surface area (Å²) in [6.45, 7) is -0.588. The maximum Gasteiger partial charge on any atom is 0.316 e. The van der Waals surface area contributed by atoms with Gasteiger partial charge in [0.05, 0.1) is 16.5 Å². The largest absolute Gasteiger partial charge is 0.473 e. The van der Waals surface area contributed by atoms with Gasteiger partial charge in [-0.3, -0.25) is 4.72 Å². The zero-order chi connectivity index (χ0) is 30.9. The fourth-order valence-electron chi connectivity index (χ4n) is 2.10. The van der Waals surface area contributed by atoms with E-state index in [1.807, 2.05) is 0 Å². The Morgan fingerprint density at radius 2 is 1.84 bits per heavy atom. The van der Waals surface area contributed by atoms with Gasteiger partial charge in [0.15, 0.2) is 5.82 Å². The number of nitrogens with zero attached hydrogens (tertiary/aromatic N) is 4. The average molecular weight is 532 g/mol. The lowest BCUT2D eigenvalue weighted by Gasteiger charge is -2.15. The van der Waals surface area contributed by atoms with E-state index in [1.165, 1.54) is 6.92 Å². The summed E-state index contributed by atoms with van der Waals surface area (Å²) in [4.78, 5) is 14.9. The molecule has 2 N–H and O–H groups in total. The molecule has 0 spiro atoms. The van der Waals surface area contributed by atoms with Crippen LogP contribution in [0, 0.1) is 6.92 Å². The topological polar surface area (TPSA) is 128 Å². The maximum atomic E-state index is 12.6. The average Bonchev–Trinajstić information content (AvgIpc) is 2.88. The second-order valence-corrected chi connectivity index (χ2v) is 8.22. The van der Waals surface area contributed by atoms with Gasteiger partial charge in [-0.1, -0.05) is 34.9 Å². The third-order valence-electron chi connectivity index (χ3n) is 3.45. The van der Waals surface area contributed by atoms with E-state index in [-0.39, 0.29) is 28.9 Å². The molecule has 3 rings (SSSR count). The summed E-state index contributed by atoms with van der Waals surface area (Å²) < 4.78 is 113. The lowest BCUT2D eigenvalue weighted by molar-refractivity contribution is 0.202. The molecule has 0 atom stereocenters. The summed E-state index contributed by atoms with van der Waals surface area (Å²) in [5.41, 5.74) is -0.949. The molecule has 2 heterocycles. The van der Waals surface area contributed by atoms with Crippen molar-refractivity contribution in [2.45, 2.75) is 20.3 Å². The number of rotatable bonds is 11. The molecule has 0 bridgehead atoms. The summed E-state index contributed by atoms with van der Waals surface area (Å²) in [5.74, 6) is -1.48. The summed E-state index contributed by atoms with van der Waals surface area (Å²) in [6.07, 6.45) is -1.04. The summed E-state index contributed by atoms with van der Waals surface area (Å²) in [6, 6.07) is -2.91. The van der Waals surface area contributed by atoms with E-state index >= 15 is 0 Å². The first-order valence-corrected chi connectivity index (χ1v) is 11.3. The zero-order valence-electron chi connectivity index (χ0n) is 25.8. The van der Waals surface area contributed by atoms with Crippen molar-refractivity contribution >= 4 is 32.0 Å². The van der Waals surface area contributed by atoms with Crippen LogP contribution in [0.15, 0.2) is 47.3 Å². The highest BCUT2D eigenvalue weighted by Crippen LogP contribution is 2.34.